The Morgan fingerprint density at radius 2 is 1.73 bits per heavy atom. The van der Waals surface area contributed by atoms with E-state index < -0.39 is 5.97 Å². The highest BCUT2D eigenvalue weighted by Crippen LogP contribution is 2.27. The van der Waals surface area contributed by atoms with Gasteiger partial charge in [-0.1, -0.05) is 48.0 Å². The van der Waals surface area contributed by atoms with E-state index in [2.05, 4.69) is 4.98 Å². The van der Waals surface area contributed by atoms with Crippen LogP contribution >= 0.6 is 11.3 Å². The third-order valence-electron chi connectivity index (χ3n) is 5.12. The smallest absolute Gasteiger partial charge is 0.348 e. The van der Waals surface area contributed by atoms with E-state index in [-0.39, 0.29) is 31.1 Å². The summed E-state index contributed by atoms with van der Waals surface area (Å²) in [4.78, 5) is 43.2. The molecule has 0 atom stereocenters. The summed E-state index contributed by atoms with van der Waals surface area (Å²) in [6.45, 7) is 3.78. The number of thiophene rings is 1. The average molecular weight is 463 g/mol. The van der Waals surface area contributed by atoms with Gasteiger partial charge in [0.2, 0.25) is 0 Å². The van der Waals surface area contributed by atoms with E-state index in [4.69, 9.17) is 9.47 Å². The fraction of sp³-hybridized carbons (Fsp3) is 0.200. The molecule has 33 heavy (non-hydrogen) atoms. The van der Waals surface area contributed by atoms with Crippen LogP contribution in [0.4, 0.5) is 0 Å². The highest BCUT2D eigenvalue weighted by molar-refractivity contribution is 7.20. The summed E-state index contributed by atoms with van der Waals surface area (Å²) in [5, 5.41) is 0.326. The standard InChI is InChI=1S/C25H22N2O5S/c1-16-8-10-18(11-9-16)20(28)14-27-15-26-23-21(24(27)29)17(2)22(33-23)25(30)32-13-12-31-19-6-4-3-5-7-19/h3-11,15H,12-14H2,1-2H3. The Morgan fingerprint density at radius 1 is 1.00 bits per heavy atom. The average Bonchev–Trinajstić information content (AvgIpc) is 3.16. The maximum Gasteiger partial charge on any atom is 0.348 e. The van der Waals surface area contributed by atoms with Gasteiger partial charge in [-0.2, -0.15) is 0 Å². The molecule has 0 aliphatic heterocycles. The van der Waals surface area contributed by atoms with E-state index >= 15 is 0 Å². The number of ketones is 1. The second-order valence-corrected chi connectivity index (χ2v) is 8.50. The minimum atomic E-state index is -0.533. The normalized spacial score (nSPS) is 10.8. The van der Waals surface area contributed by atoms with Crippen molar-refractivity contribution in [3.63, 3.8) is 0 Å². The molecule has 168 valence electrons. The number of esters is 1. The van der Waals surface area contributed by atoms with Crippen molar-refractivity contribution in [3.8, 4) is 5.75 Å². The fourth-order valence-electron chi connectivity index (χ4n) is 3.33. The lowest BCUT2D eigenvalue weighted by atomic mass is 10.1. The maximum absolute atomic E-state index is 13.0. The first-order chi connectivity index (χ1) is 15.9. The van der Waals surface area contributed by atoms with E-state index in [0.29, 0.717) is 32.0 Å². The van der Waals surface area contributed by atoms with E-state index in [1.807, 2.05) is 49.4 Å². The van der Waals surface area contributed by atoms with Crippen LogP contribution in [0.2, 0.25) is 0 Å². The Labute approximate surface area is 194 Å². The number of aryl methyl sites for hydroxylation is 2. The zero-order valence-corrected chi connectivity index (χ0v) is 19.1. The minimum Gasteiger partial charge on any atom is -0.490 e. The van der Waals surface area contributed by atoms with Gasteiger partial charge in [0, 0.05) is 5.56 Å². The Hall–Kier alpha value is -3.78. The molecule has 0 radical (unpaired) electrons. The predicted octanol–water partition coefficient (Wildman–Crippen LogP) is 4.19. The Kier molecular flexibility index (Phi) is 6.65. The number of nitrogens with zero attached hydrogens (tertiary/aromatic N) is 2. The van der Waals surface area contributed by atoms with Gasteiger partial charge in [-0.15, -0.1) is 11.3 Å². The molecular formula is C25H22N2O5S. The lowest BCUT2D eigenvalue weighted by molar-refractivity contribution is 0.0455. The molecular weight excluding hydrogens is 440 g/mol. The van der Waals surface area contributed by atoms with E-state index in [1.54, 1.807) is 19.1 Å². The molecule has 7 nitrogen and oxygen atoms in total. The van der Waals surface area contributed by atoms with E-state index in [0.717, 1.165) is 16.9 Å². The van der Waals surface area contributed by atoms with Crippen LogP contribution in [0.25, 0.3) is 10.2 Å². The molecule has 0 aliphatic carbocycles. The number of aromatic nitrogens is 2. The second-order valence-electron chi connectivity index (χ2n) is 7.50. The van der Waals surface area contributed by atoms with Gasteiger partial charge in [0.25, 0.3) is 5.56 Å². The molecule has 2 heterocycles. The lowest BCUT2D eigenvalue weighted by Gasteiger charge is -2.07. The predicted molar refractivity (Wildman–Crippen MR) is 126 cm³/mol. The first-order valence-corrected chi connectivity index (χ1v) is 11.2. The second kappa shape index (κ2) is 9.79. The topological polar surface area (TPSA) is 87.5 Å². The molecule has 2 aromatic heterocycles. The molecule has 8 heteroatoms. The van der Waals surface area contributed by atoms with Gasteiger partial charge >= 0.3 is 5.97 Å². The van der Waals surface area contributed by atoms with Crippen LogP contribution < -0.4 is 10.3 Å². The van der Waals surface area contributed by atoms with Crippen molar-refractivity contribution in [3.05, 3.63) is 92.8 Å². The van der Waals surface area contributed by atoms with Gasteiger partial charge in [0.1, 0.15) is 28.7 Å². The monoisotopic (exact) mass is 462 g/mol. The van der Waals surface area contributed by atoms with Crippen LogP contribution in [0, 0.1) is 13.8 Å². The quantitative estimate of drug-likeness (QED) is 0.222. The molecule has 2 aromatic carbocycles. The number of hydrogen-bond donors (Lipinski definition) is 0. The Morgan fingerprint density at radius 3 is 2.45 bits per heavy atom. The number of carbonyl (C=O) groups is 2. The van der Waals surface area contributed by atoms with Gasteiger partial charge in [-0.3, -0.25) is 14.2 Å². The third-order valence-corrected chi connectivity index (χ3v) is 6.30. The van der Waals surface area contributed by atoms with Gasteiger partial charge in [-0.05, 0) is 31.5 Å². The van der Waals surface area contributed by atoms with Crippen LogP contribution in [0.15, 0.2) is 65.7 Å². The Balaban J connectivity index is 1.47. The molecule has 0 fully saturated rings. The van der Waals surface area contributed by atoms with Crippen molar-refractivity contribution in [1.29, 1.82) is 0 Å². The maximum atomic E-state index is 13.0. The van der Waals surface area contributed by atoms with Crippen molar-refractivity contribution in [2.24, 2.45) is 0 Å². The lowest BCUT2D eigenvalue weighted by Crippen LogP contribution is -2.24. The molecule has 0 unspecified atom stereocenters. The third kappa shape index (κ3) is 5.01. The molecule has 0 N–H and O–H groups in total. The highest BCUT2D eigenvalue weighted by atomic mass is 32.1. The SMILES string of the molecule is Cc1ccc(C(=O)Cn2cnc3sc(C(=O)OCCOc4ccccc4)c(C)c3c2=O)cc1. The van der Waals surface area contributed by atoms with E-state index in [9.17, 15) is 14.4 Å². The molecule has 0 aliphatic rings. The van der Waals surface area contributed by atoms with Crippen LogP contribution in [-0.2, 0) is 11.3 Å². The van der Waals surface area contributed by atoms with Gasteiger partial charge in [0.15, 0.2) is 5.78 Å². The molecule has 0 spiro atoms. The van der Waals surface area contributed by atoms with Crippen molar-refractivity contribution in [2.75, 3.05) is 13.2 Å². The first-order valence-electron chi connectivity index (χ1n) is 10.4. The number of ether oxygens (including phenoxy) is 2. The summed E-state index contributed by atoms with van der Waals surface area (Å²) in [6, 6.07) is 16.4. The van der Waals surface area contributed by atoms with Crippen LogP contribution in [0.5, 0.6) is 5.75 Å². The van der Waals surface area contributed by atoms with Crippen molar-refractivity contribution in [1.82, 2.24) is 9.55 Å². The van der Waals surface area contributed by atoms with Crippen LogP contribution in [0.3, 0.4) is 0 Å². The van der Waals surface area contributed by atoms with E-state index in [1.165, 1.54) is 10.9 Å². The number of Topliss-reactive ketones (excluding diaryl/α,β-unsaturated/α-hetero) is 1. The number of fused-ring (bicyclic) bond motifs is 1. The molecule has 0 saturated carbocycles. The van der Waals surface area contributed by atoms with Crippen LogP contribution in [-0.4, -0.2) is 34.5 Å². The van der Waals surface area contributed by atoms with Crippen molar-refractivity contribution in [2.45, 2.75) is 20.4 Å². The zero-order chi connectivity index (χ0) is 23.4. The summed E-state index contributed by atoms with van der Waals surface area (Å²) in [5.41, 5.74) is 1.71. The minimum absolute atomic E-state index is 0.0735. The number of benzene rings is 2. The first kappa shape index (κ1) is 22.4. The number of para-hydroxylation sites is 1. The molecule has 0 saturated heterocycles. The van der Waals surface area contributed by atoms with Crippen LogP contribution in [0.1, 0.15) is 31.2 Å². The molecule has 4 aromatic rings. The molecule has 0 amide bonds. The summed E-state index contributed by atoms with van der Waals surface area (Å²) >= 11 is 1.10. The zero-order valence-electron chi connectivity index (χ0n) is 18.2. The van der Waals surface area contributed by atoms with Crippen molar-refractivity contribution >= 4 is 33.3 Å². The van der Waals surface area contributed by atoms with Gasteiger partial charge < -0.3 is 9.47 Å². The summed E-state index contributed by atoms with van der Waals surface area (Å²) < 4.78 is 12.1. The van der Waals surface area contributed by atoms with Crippen molar-refractivity contribution < 1.29 is 19.1 Å². The highest BCUT2D eigenvalue weighted by Gasteiger charge is 2.21. The Bertz CT molecular complexity index is 1360. The number of carbonyl (C=O) groups excluding carboxylic acids is 2. The fourth-order valence-corrected chi connectivity index (χ4v) is 4.36. The van der Waals surface area contributed by atoms with Gasteiger partial charge in [-0.25, -0.2) is 9.78 Å². The number of hydrogen-bond acceptors (Lipinski definition) is 7. The largest absolute Gasteiger partial charge is 0.490 e. The van der Waals surface area contributed by atoms with Gasteiger partial charge in [0.05, 0.1) is 18.3 Å². The molecule has 4 rings (SSSR count). The summed E-state index contributed by atoms with van der Waals surface area (Å²) in [6.07, 6.45) is 1.34. The summed E-state index contributed by atoms with van der Waals surface area (Å²) in [5.74, 6) is -0.0328. The number of rotatable bonds is 8. The molecule has 0 bridgehead atoms. The summed E-state index contributed by atoms with van der Waals surface area (Å²) in [7, 11) is 0.